The molecule has 3 N–H and O–H groups in total. The fourth-order valence-electron chi connectivity index (χ4n) is 3.16. The van der Waals surface area contributed by atoms with E-state index in [0.717, 1.165) is 6.20 Å². The second kappa shape index (κ2) is 8.73. The van der Waals surface area contributed by atoms with Gasteiger partial charge in [-0.1, -0.05) is 0 Å². The lowest BCUT2D eigenvalue weighted by Gasteiger charge is -2.16. The molecule has 3 aromatic heterocycles. The van der Waals surface area contributed by atoms with E-state index in [-0.39, 0.29) is 35.8 Å². The Labute approximate surface area is 183 Å². The number of nitrogens with zero attached hydrogens (tertiary/aromatic N) is 4. The van der Waals surface area contributed by atoms with Crippen molar-refractivity contribution < 1.29 is 36.6 Å². The zero-order valence-electron chi connectivity index (χ0n) is 17.3. The van der Waals surface area contributed by atoms with E-state index in [0.29, 0.717) is 0 Å². The molecule has 178 valence electrons. The minimum atomic E-state index is -4.89. The van der Waals surface area contributed by atoms with Crippen molar-refractivity contribution in [2.45, 2.75) is 44.6 Å². The summed E-state index contributed by atoms with van der Waals surface area (Å²) in [6.07, 6.45) is -7.10. The van der Waals surface area contributed by atoms with Gasteiger partial charge >= 0.3 is 12.5 Å². The van der Waals surface area contributed by atoms with Crippen molar-refractivity contribution in [3.63, 3.8) is 0 Å². The summed E-state index contributed by atoms with van der Waals surface area (Å²) in [5.41, 5.74) is 0.407. The number of aromatic amines is 1. The van der Waals surface area contributed by atoms with E-state index in [4.69, 9.17) is 9.47 Å². The first-order valence-corrected chi connectivity index (χ1v) is 9.74. The van der Waals surface area contributed by atoms with E-state index in [1.54, 1.807) is 13.8 Å². The largest absolute Gasteiger partial charge is 0.574 e. The van der Waals surface area contributed by atoms with Crippen LogP contribution in [0.5, 0.6) is 5.88 Å². The highest BCUT2D eigenvalue weighted by Gasteiger charge is 2.42. The number of fused-ring (bicyclic) bond motifs is 1. The lowest BCUT2D eigenvalue weighted by atomic mass is 10.1. The van der Waals surface area contributed by atoms with Gasteiger partial charge in [0.05, 0.1) is 18.5 Å². The molecule has 0 aliphatic carbocycles. The molecule has 3 atom stereocenters. The molecule has 1 aliphatic rings. The Balaban J connectivity index is 1.45. The van der Waals surface area contributed by atoms with Crippen LogP contribution in [0.2, 0.25) is 0 Å². The molecule has 3 aromatic rings. The quantitative estimate of drug-likeness (QED) is 0.467. The van der Waals surface area contributed by atoms with Gasteiger partial charge in [0.1, 0.15) is 11.8 Å². The van der Waals surface area contributed by atoms with Gasteiger partial charge in [0.15, 0.2) is 18.1 Å². The van der Waals surface area contributed by atoms with E-state index >= 15 is 0 Å². The molecular formula is C18H19F4N7O4. The summed E-state index contributed by atoms with van der Waals surface area (Å²) in [5, 5.41) is 11.9. The van der Waals surface area contributed by atoms with Crippen molar-refractivity contribution in [3.05, 3.63) is 30.2 Å². The molecule has 11 nitrogen and oxygen atoms in total. The van der Waals surface area contributed by atoms with Crippen LogP contribution < -0.4 is 15.4 Å². The van der Waals surface area contributed by atoms with E-state index in [1.807, 2.05) is 0 Å². The van der Waals surface area contributed by atoms with Crippen LogP contribution in [0.3, 0.4) is 0 Å². The molecule has 0 unspecified atom stereocenters. The van der Waals surface area contributed by atoms with Gasteiger partial charge in [-0.2, -0.15) is 10.1 Å². The lowest BCUT2D eigenvalue weighted by molar-refractivity contribution is -0.276. The Bertz CT molecular complexity index is 1130. The van der Waals surface area contributed by atoms with Crippen LogP contribution in [0.25, 0.3) is 5.65 Å². The highest BCUT2D eigenvalue weighted by molar-refractivity contribution is 5.67. The van der Waals surface area contributed by atoms with Gasteiger partial charge in [-0.3, -0.25) is 9.50 Å². The summed E-state index contributed by atoms with van der Waals surface area (Å²) in [7, 11) is 0. The van der Waals surface area contributed by atoms with Crippen LogP contribution in [0.4, 0.5) is 34.1 Å². The molecule has 15 heteroatoms. The Morgan fingerprint density at radius 3 is 2.91 bits per heavy atom. The van der Waals surface area contributed by atoms with E-state index in [1.165, 1.54) is 22.7 Å². The van der Waals surface area contributed by atoms with Crippen molar-refractivity contribution in [1.29, 1.82) is 0 Å². The lowest BCUT2D eigenvalue weighted by Crippen LogP contribution is -2.36. The van der Waals surface area contributed by atoms with Crippen LogP contribution in [-0.2, 0) is 9.47 Å². The Hall–Kier alpha value is -3.62. The number of imidazole rings is 1. The number of hydrogen-bond donors (Lipinski definition) is 3. The number of aromatic nitrogens is 5. The molecule has 0 bridgehead atoms. The Morgan fingerprint density at radius 2 is 2.18 bits per heavy atom. The van der Waals surface area contributed by atoms with Crippen LogP contribution in [-0.4, -0.2) is 61.9 Å². The molecule has 0 radical (unpaired) electrons. The summed E-state index contributed by atoms with van der Waals surface area (Å²) >= 11 is 0. The second-order valence-electron chi connectivity index (χ2n) is 7.40. The number of anilines is 2. The molecule has 0 aromatic carbocycles. The molecule has 0 spiro atoms. The monoisotopic (exact) mass is 473 g/mol. The molecule has 1 amide bonds. The van der Waals surface area contributed by atoms with Crippen molar-refractivity contribution in [2.75, 3.05) is 11.9 Å². The third-order valence-corrected chi connectivity index (χ3v) is 4.47. The standard InChI is InChI=1S/C18H19F4N7O4/c1-8(2)24-17(30)32-10-7-31-15(14(10)19)9-5-11(28-27-9)25-16-23-4-3-12-26-13(6-29(12)16)33-18(20,21)22/h3-6,8,10,14-15H,7H2,1-2H3,(H,24,30)(H2,23,25,27,28)/t10-,14+,15-/m0/s1. The fourth-order valence-corrected chi connectivity index (χ4v) is 3.16. The fraction of sp³-hybridized carbons (Fsp3) is 0.444. The maximum Gasteiger partial charge on any atom is 0.574 e. The van der Waals surface area contributed by atoms with Gasteiger partial charge in [-0.05, 0) is 19.9 Å². The van der Waals surface area contributed by atoms with Crippen LogP contribution in [0.15, 0.2) is 24.5 Å². The predicted octanol–water partition coefficient (Wildman–Crippen LogP) is 3.01. The van der Waals surface area contributed by atoms with Gasteiger partial charge in [0, 0.05) is 18.3 Å². The third kappa shape index (κ3) is 5.24. The van der Waals surface area contributed by atoms with E-state index in [9.17, 15) is 22.4 Å². The zero-order chi connectivity index (χ0) is 23.8. The molecule has 1 aliphatic heterocycles. The topological polar surface area (TPSA) is 128 Å². The number of rotatable bonds is 6. The molecular weight excluding hydrogens is 454 g/mol. The van der Waals surface area contributed by atoms with Gasteiger partial charge < -0.3 is 24.8 Å². The first-order valence-electron chi connectivity index (χ1n) is 9.74. The normalized spacial score (nSPS) is 20.9. The maximum atomic E-state index is 14.8. The molecule has 1 saturated heterocycles. The van der Waals surface area contributed by atoms with E-state index in [2.05, 4.69) is 35.5 Å². The van der Waals surface area contributed by atoms with Gasteiger partial charge in [0.2, 0.25) is 11.8 Å². The number of H-pyrrole nitrogens is 1. The number of carbonyl (C=O) groups excluding carboxylic acids is 1. The van der Waals surface area contributed by atoms with E-state index < -0.39 is 36.7 Å². The van der Waals surface area contributed by atoms with Crippen LogP contribution in [0, 0.1) is 0 Å². The highest BCUT2D eigenvalue weighted by Crippen LogP contribution is 2.33. The summed E-state index contributed by atoms with van der Waals surface area (Å²) in [4.78, 5) is 19.5. The molecule has 1 fully saturated rings. The van der Waals surface area contributed by atoms with Crippen molar-refractivity contribution >= 4 is 23.5 Å². The van der Waals surface area contributed by atoms with Crippen LogP contribution >= 0.6 is 0 Å². The van der Waals surface area contributed by atoms with Crippen LogP contribution in [0.1, 0.15) is 25.6 Å². The highest BCUT2D eigenvalue weighted by atomic mass is 19.4. The minimum Gasteiger partial charge on any atom is -0.441 e. The Kier molecular flexibility index (Phi) is 5.97. The average molecular weight is 473 g/mol. The molecule has 4 rings (SSSR count). The number of ether oxygens (including phenoxy) is 3. The van der Waals surface area contributed by atoms with Crippen molar-refractivity contribution in [3.8, 4) is 5.88 Å². The van der Waals surface area contributed by atoms with Crippen molar-refractivity contribution in [2.24, 2.45) is 0 Å². The second-order valence-corrected chi connectivity index (χ2v) is 7.40. The first kappa shape index (κ1) is 22.6. The number of amides is 1. The zero-order valence-corrected chi connectivity index (χ0v) is 17.3. The number of halogens is 4. The molecule has 4 heterocycles. The predicted molar refractivity (Wildman–Crippen MR) is 104 cm³/mol. The Morgan fingerprint density at radius 1 is 1.39 bits per heavy atom. The van der Waals surface area contributed by atoms with Crippen molar-refractivity contribution in [1.82, 2.24) is 29.9 Å². The summed E-state index contributed by atoms with van der Waals surface area (Å²) < 4.78 is 67.7. The average Bonchev–Trinajstić information content (AvgIpc) is 3.40. The minimum absolute atomic E-state index is 0.0887. The summed E-state index contributed by atoms with van der Waals surface area (Å²) in [5.74, 6) is -0.381. The number of hydrogen-bond acceptors (Lipinski definition) is 8. The smallest absolute Gasteiger partial charge is 0.441 e. The van der Waals surface area contributed by atoms with Gasteiger partial charge in [-0.15, -0.1) is 13.2 Å². The molecule has 0 saturated carbocycles. The first-order chi connectivity index (χ1) is 15.6. The number of nitrogens with one attached hydrogen (secondary N) is 3. The van der Waals surface area contributed by atoms with Gasteiger partial charge in [-0.25, -0.2) is 14.2 Å². The number of carbonyl (C=O) groups is 1. The number of alkyl carbamates (subject to hydrolysis) is 1. The SMILES string of the molecule is CC(C)NC(=O)O[C@H]1CO[C@@H](c2cc(Nc3nccc4nc(OC(F)(F)F)cn34)n[nH]2)[C@@H]1F. The maximum absolute atomic E-state index is 14.8. The third-order valence-electron chi connectivity index (χ3n) is 4.47. The summed E-state index contributed by atoms with van der Waals surface area (Å²) in [6.45, 7) is 3.34. The summed E-state index contributed by atoms with van der Waals surface area (Å²) in [6, 6.07) is 2.66. The number of alkyl halides is 4. The molecule has 33 heavy (non-hydrogen) atoms. The van der Waals surface area contributed by atoms with Gasteiger partial charge in [0.25, 0.3) is 0 Å².